The van der Waals surface area contributed by atoms with Gasteiger partial charge in [0.05, 0.1) is 5.69 Å². The van der Waals surface area contributed by atoms with Crippen molar-refractivity contribution in [1.82, 2.24) is 5.32 Å². The van der Waals surface area contributed by atoms with E-state index >= 15 is 0 Å². The van der Waals surface area contributed by atoms with Crippen molar-refractivity contribution in [3.05, 3.63) is 24.0 Å². The van der Waals surface area contributed by atoms with Gasteiger partial charge < -0.3 is 15.7 Å². The lowest BCUT2D eigenvalue weighted by atomic mass is 10.3. The molecule has 1 atom stereocenters. The topological polar surface area (TPSA) is 95.5 Å². The largest absolute Gasteiger partial charge is 0.480 e. The molecule has 0 aromatic heterocycles. The summed E-state index contributed by atoms with van der Waals surface area (Å²) in [6.07, 6.45) is 0. The highest BCUT2D eigenvalue weighted by molar-refractivity contribution is 7.28. The number of carboxylic acids is 1. The first-order valence-electron chi connectivity index (χ1n) is 4.76. The summed E-state index contributed by atoms with van der Waals surface area (Å²) in [5, 5.41) is 12.6. The number of hydrogen-bond acceptors (Lipinski definition) is 3. The predicted octanol–water partition coefficient (Wildman–Crippen LogP) is -0.535. The summed E-state index contributed by atoms with van der Waals surface area (Å²) in [6.45, 7) is -0.683. The summed E-state index contributed by atoms with van der Waals surface area (Å²) in [5.74, 6) is -4.26. The van der Waals surface area contributed by atoms with Gasteiger partial charge in [0.2, 0.25) is 0 Å². The van der Waals surface area contributed by atoms with Gasteiger partial charge in [-0.25, -0.2) is 4.39 Å². The molecular weight excluding hydrogens is 262 g/mol. The molecule has 96 valence electrons. The van der Waals surface area contributed by atoms with Crippen LogP contribution in [-0.2, 0) is 14.4 Å². The Morgan fingerprint density at radius 1 is 1.28 bits per heavy atom. The molecule has 1 rings (SSSR count). The number of halogens is 1. The molecule has 0 heterocycles. The molecule has 1 unspecified atom stereocenters. The minimum Gasteiger partial charge on any atom is -0.480 e. The number of aliphatic carboxylic acids is 1. The van der Waals surface area contributed by atoms with Crippen molar-refractivity contribution in [2.75, 3.05) is 11.9 Å². The first-order chi connectivity index (χ1) is 8.41. The smallest absolute Gasteiger partial charge is 0.322 e. The van der Waals surface area contributed by atoms with Crippen LogP contribution < -0.4 is 15.9 Å². The Kier molecular flexibility index (Phi) is 4.74. The van der Waals surface area contributed by atoms with Gasteiger partial charge in [-0.15, -0.1) is 9.24 Å². The van der Waals surface area contributed by atoms with E-state index in [2.05, 4.69) is 14.6 Å². The minimum atomic E-state index is -1.28. The number of para-hydroxylation sites is 1. The average molecular weight is 272 g/mol. The van der Waals surface area contributed by atoms with Gasteiger partial charge in [-0.1, -0.05) is 12.1 Å². The molecule has 3 N–H and O–H groups in total. The maximum absolute atomic E-state index is 13.3. The van der Waals surface area contributed by atoms with Gasteiger partial charge in [-0.05, 0) is 11.4 Å². The fourth-order valence-electron chi connectivity index (χ4n) is 1.08. The van der Waals surface area contributed by atoms with E-state index in [1.807, 2.05) is 5.32 Å². The van der Waals surface area contributed by atoms with Gasteiger partial charge in [-0.2, -0.15) is 0 Å². The van der Waals surface area contributed by atoms with Crippen molar-refractivity contribution in [3.8, 4) is 0 Å². The molecule has 1 aromatic rings. The molecule has 18 heavy (non-hydrogen) atoms. The van der Waals surface area contributed by atoms with Crippen LogP contribution in [-0.4, -0.2) is 29.4 Å². The lowest BCUT2D eigenvalue weighted by Gasteiger charge is -2.08. The van der Waals surface area contributed by atoms with Crippen molar-refractivity contribution in [1.29, 1.82) is 0 Å². The highest BCUT2D eigenvalue weighted by Gasteiger charge is 2.17. The monoisotopic (exact) mass is 272 g/mol. The number of carbonyl (C=O) groups excluding carboxylic acids is 2. The number of amides is 2. The molecule has 0 radical (unpaired) electrons. The fraction of sp³-hybridized carbons (Fsp3) is 0.100. The molecule has 2 amide bonds. The van der Waals surface area contributed by atoms with Gasteiger partial charge in [0.15, 0.2) is 0 Å². The van der Waals surface area contributed by atoms with E-state index in [1.54, 1.807) is 0 Å². The highest BCUT2D eigenvalue weighted by atomic mass is 31.0. The van der Waals surface area contributed by atoms with Crippen LogP contribution in [0, 0.1) is 5.82 Å². The maximum atomic E-state index is 13.3. The molecule has 8 heteroatoms. The van der Waals surface area contributed by atoms with E-state index < -0.39 is 30.1 Å². The van der Waals surface area contributed by atoms with Gasteiger partial charge >= 0.3 is 17.8 Å². The summed E-state index contributed by atoms with van der Waals surface area (Å²) in [4.78, 5) is 32.7. The Labute approximate surface area is 104 Å². The van der Waals surface area contributed by atoms with Crippen LogP contribution in [0.2, 0.25) is 0 Å². The fourth-order valence-corrected chi connectivity index (χ4v) is 1.40. The first kappa shape index (κ1) is 14.1. The molecular formula is C10H10FN2O4P. The van der Waals surface area contributed by atoms with Gasteiger partial charge in [0.25, 0.3) is 0 Å². The highest BCUT2D eigenvalue weighted by Crippen LogP contribution is 2.12. The van der Waals surface area contributed by atoms with Gasteiger partial charge in [0, 0.05) is 0 Å². The maximum Gasteiger partial charge on any atom is 0.322 e. The van der Waals surface area contributed by atoms with Crippen molar-refractivity contribution < 1.29 is 23.9 Å². The molecule has 1 aromatic carbocycles. The molecule has 0 aliphatic carbocycles. The standard InChI is InChI=1S/C10H10FN2O4P/c11-5-2-1-3-6(18)8(5)13-10(17)9(16)12-4-7(14)15/h1-3H,4,18H2,(H,12,16)(H,13,17)(H,14,15). The van der Waals surface area contributed by atoms with Gasteiger partial charge in [-0.3, -0.25) is 14.4 Å². The number of carboxylic acid groups (broad SMARTS) is 1. The number of carbonyl (C=O) groups is 3. The van der Waals surface area contributed by atoms with E-state index in [1.165, 1.54) is 12.1 Å². The second-order valence-electron chi connectivity index (χ2n) is 3.23. The zero-order valence-electron chi connectivity index (χ0n) is 9.07. The zero-order chi connectivity index (χ0) is 13.7. The van der Waals surface area contributed by atoms with Crippen LogP contribution in [0.15, 0.2) is 18.2 Å². The van der Waals surface area contributed by atoms with E-state index in [9.17, 15) is 18.8 Å². The Bertz CT molecular complexity index is 486. The predicted molar refractivity (Wildman–Crippen MR) is 65.0 cm³/mol. The molecule has 0 aliphatic heterocycles. The van der Waals surface area contributed by atoms with Crippen molar-refractivity contribution >= 4 is 38.0 Å². The lowest BCUT2D eigenvalue weighted by molar-refractivity contribution is -0.140. The van der Waals surface area contributed by atoms with Crippen molar-refractivity contribution in [2.45, 2.75) is 0 Å². The molecule has 6 nitrogen and oxygen atoms in total. The number of anilines is 1. The van der Waals surface area contributed by atoms with E-state index in [4.69, 9.17) is 5.11 Å². The molecule has 0 aliphatic rings. The Balaban J connectivity index is 2.70. The summed E-state index contributed by atoms with van der Waals surface area (Å²) in [7, 11) is 2.20. The molecule has 0 bridgehead atoms. The van der Waals surface area contributed by atoms with Crippen LogP contribution >= 0.6 is 9.24 Å². The molecule has 0 saturated carbocycles. The number of hydrogen-bond donors (Lipinski definition) is 3. The van der Waals surface area contributed by atoms with Crippen LogP contribution in [0.4, 0.5) is 10.1 Å². The Morgan fingerprint density at radius 2 is 1.94 bits per heavy atom. The average Bonchev–Trinajstić information content (AvgIpc) is 2.30. The zero-order valence-corrected chi connectivity index (χ0v) is 10.2. The summed E-state index contributed by atoms with van der Waals surface area (Å²) >= 11 is 0. The van der Waals surface area contributed by atoms with E-state index in [0.29, 0.717) is 5.30 Å². The van der Waals surface area contributed by atoms with Crippen LogP contribution in [0.25, 0.3) is 0 Å². The van der Waals surface area contributed by atoms with Crippen LogP contribution in [0.3, 0.4) is 0 Å². The SMILES string of the molecule is O=C(O)CNC(=O)C(=O)Nc1c(F)cccc1P. The van der Waals surface area contributed by atoms with Crippen molar-refractivity contribution in [2.24, 2.45) is 0 Å². The summed E-state index contributed by atoms with van der Waals surface area (Å²) in [5.41, 5.74) is -0.141. The summed E-state index contributed by atoms with van der Waals surface area (Å²) in [6, 6.07) is 4.09. The third-order valence-electron chi connectivity index (χ3n) is 1.89. The molecule has 0 fully saturated rings. The minimum absolute atomic E-state index is 0.141. The first-order valence-corrected chi connectivity index (χ1v) is 5.34. The Hall–Kier alpha value is -2.01. The van der Waals surface area contributed by atoms with Gasteiger partial charge in [0.1, 0.15) is 12.4 Å². The third kappa shape index (κ3) is 3.78. The second kappa shape index (κ2) is 6.07. The van der Waals surface area contributed by atoms with E-state index in [0.717, 1.165) is 6.07 Å². The third-order valence-corrected chi connectivity index (χ3v) is 2.37. The normalized spacial score (nSPS) is 9.67. The molecule has 0 saturated heterocycles. The van der Waals surface area contributed by atoms with Crippen LogP contribution in [0.5, 0.6) is 0 Å². The lowest BCUT2D eigenvalue weighted by Crippen LogP contribution is -2.38. The number of rotatable bonds is 3. The van der Waals surface area contributed by atoms with Crippen molar-refractivity contribution in [3.63, 3.8) is 0 Å². The molecule has 0 spiro atoms. The van der Waals surface area contributed by atoms with Crippen LogP contribution in [0.1, 0.15) is 0 Å². The quantitative estimate of drug-likeness (QED) is 0.509. The second-order valence-corrected chi connectivity index (χ2v) is 3.86. The van der Waals surface area contributed by atoms with E-state index in [-0.39, 0.29) is 5.69 Å². The number of nitrogens with one attached hydrogen (secondary N) is 2. The summed E-state index contributed by atoms with van der Waals surface area (Å²) < 4.78 is 13.3. The number of benzene rings is 1. The Morgan fingerprint density at radius 3 is 2.50 bits per heavy atom.